The molecule has 0 bridgehead atoms. The number of aryl methyl sites for hydroxylation is 2. The van der Waals surface area contributed by atoms with Crippen molar-refractivity contribution in [1.29, 1.82) is 0 Å². The van der Waals surface area contributed by atoms with Crippen molar-refractivity contribution >= 4 is 5.78 Å². The van der Waals surface area contributed by atoms with E-state index in [2.05, 4.69) is 24.0 Å². The van der Waals surface area contributed by atoms with E-state index in [4.69, 9.17) is 0 Å². The van der Waals surface area contributed by atoms with Gasteiger partial charge in [-0.3, -0.25) is 9.78 Å². The second kappa shape index (κ2) is 7.72. The lowest BCUT2D eigenvalue weighted by molar-refractivity contribution is 0.103. The van der Waals surface area contributed by atoms with Gasteiger partial charge >= 0.3 is 0 Å². The van der Waals surface area contributed by atoms with Gasteiger partial charge in [0.05, 0.1) is 0 Å². The van der Waals surface area contributed by atoms with Crippen molar-refractivity contribution < 1.29 is 4.79 Å². The van der Waals surface area contributed by atoms with Crippen molar-refractivity contribution in [1.82, 2.24) is 4.98 Å². The fourth-order valence-electron chi connectivity index (χ4n) is 2.43. The Morgan fingerprint density at radius 2 is 1.76 bits per heavy atom. The first kappa shape index (κ1) is 15.4. The number of nitrogens with zero attached hydrogens (tertiary/aromatic N) is 1. The molecule has 2 heteroatoms. The molecule has 1 heterocycles. The van der Waals surface area contributed by atoms with Crippen molar-refractivity contribution in [3.05, 3.63) is 65.0 Å². The lowest BCUT2D eigenvalue weighted by Gasteiger charge is -2.05. The molecule has 0 N–H and O–H groups in total. The predicted molar refractivity (Wildman–Crippen MR) is 86.7 cm³/mol. The van der Waals surface area contributed by atoms with Crippen LogP contribution in [0.5, 0.6) is 0 Å². The van der Waals surface area contributed by atoms with Gasteiger partial charge in [0.15, 0.2) is 5.78 Å². The number of rotatable bonds is 7. The summed E-state index contributed by atoms with van der Waals surface area (Å²) in [6.07, 6.45) is 7.86. The highest BCUT2D eigenvalue weighted by Crippen LogP contribution is 2.13. The first-order valence-corrected chi connectivity index (χ1v) is 7.77. The normalized spacial score (nSPS) is 10.6. The highest BCUT2D eigenvalue weighted by atomic mass is 16.1. The second-order valence-corrected chi connectivity index (χ2v) is 5.52. The number of pyridine rings is 1. The molecule has 0 atom stereocenters. The van der Waals surface area contributed by atoms with Gasteiger partial charge in [-0.25, -0.2) is 0 Å². The van der Waals surface area contributed by atoms with Crippen LogP contribution < -0.4 is 0 Å². The third-order valence-corrected chi connectivity index (χ3v) is 3.69. The molecule has 0 unspecified atom stereocenters. The average Bonchev–Trinajstić information content (AvgIpc) is 2.51. The molecule has 0 spiro atoms. The Labute approximate surface area is 127 Å². The average molecular weight is 281 g/mol. The number of carbonyl (C=O) groups is 1. The number of hydrogen-bond donors (Lipinski definition) is 0. The smallest absolute Gasteiger partial charge is 0.193 e. The molecule has 0 aliphatic heterocycles. The van der Waals surface area contributed by atoms with Gasteiger partial charge in [-0.05, 0) is 37.5 Å². The van der Waals surface area contributed by atoms with Gasteiger partial charge in [0.25, 0.3) is 0 Å². The highest BCUT2D eigenvalue weighted by molar-refractivity contribution is 6.08. The molecule has 1 aromatic heterocycles. The molecule has 0 amide bonds. The minimum atomic E-state index is 0.0676. The largest absolute Gasteiger partial charge is 0.289 e. The standard InChI is InChI=1S/C19H23NO/c1-3-4-5-6-7-16-8-10-17(11-9-16)19(21)18-12-13-20-15(2)14-18/h8-14H,3-7H2,1-2H3. The van der Waals surface area contributed by atoms with Crippen LogP contribution in [0.3, 0.4) is 0 Å². The van der Waals surface area contributed by atoms with E-state index >= 15 is 0 Å². The zero-order valence-corrected chi connectivity index (χ0v) is 12.9. The molecule has 21 heavy (non-hydrogen) atoms. The van der Waals surface area contributed by atoms with Gasteiger partial charge in [0.1, 0.15) is 0 Å². The molecular weight excluding hydrogens is 258 g/mol. The molecule has 0 saturated heterocycles. The van der Waals surface area contributed by atoms with Gasteiger partial charge in [0, 0.05) is 23.0 Å². The second-order valence-electron chi connectivity index (χ2n) is 5.52. The maximum atomic E-state index is 12.4. The Balaban J connectivity index is 2.00. The van der Waals surface area contributed by atoms with E-state index < -0.39 is 0 Å². The van der Waals surface area contributed by atoms with Gasteiger partial charge < -0.3 is 0 Å². The molecule has 0 fully saturated rings. The number of ketones is 1. The van der Waals surface area contributed by atoms with E-state index in [0.717, 1.165) is 17.7 Å². The van der Waals surface area contributed by atoms with E-state index in [1.807, 2.05) is 25.1 Å². The summed E-state index contributed by atoms with van der Waals surface area (Å²) >= 11 is 0. The third-order valence-electron chi connectivity index (χ3n) is 3.69. The van der Waals surface area contributed by atoms with Gasteiger partial charge in [0.2, 0.25) is 0 Å². The molecular formula is C19H23NO. The van der Waals surface area contributed by atoms with Crippen LogP contribution in [-0.4, -0.2) is 10.8 Å². The first-order chi connectivity index (χ1) is 10.2. The Morgan fingerprint density at radius 3 is 2.43 bits per heavy atom. The molecule has 0 aliphatic rings. The number of aromatic nitrogens is 1. The van der Waals surface area contributed by atoms with Crippen molar-refractivity contribution in [3.63, 3.8) is 0 Å². The van der Waals surface area contributed by atoms with Crippen molar-refractivity contribution in [3.8, 4) is 0 Å². The zero-order valence-electron chi connectivity index (χ0n) is 12.9. The Bertz CT molecular complexity index is 587. The summed E-state index contributed by atoms with van der Waals surface area (Å²) in [5, 5.41) is 0. The van der Waals surface area contributed by atoms with E-state index in [-0.39, 0.29) is 5.78 Å². The molecule has 0 radical (unpaired) electrons. The summed E-state index contributed by atoms with van der Waals surface area (Å²) in [7, 11) is 0. The SMILES string of the molecule is CCCCCCc1ccc(C(=O)c2ccnc(C)c2)cc1. The fourth-order valence-corrected chi connectivity index (χ4v) is 2.43. The monoisotopic (exact) mass is 281 g/mol. The minimum absolute atomic E-state index is 0.0676. The topological polar surface area (TPSA) is 30.0 Å². The van der Waals surface area contributed by atoms with Crippen LogP contribution in [0.15, 0.2) is 42.6 Å². The summed E-state index contributed by atoms with van der Waals surface area (Å²) in [5.74, 6) is 0.0676. The summed E-state index contributed by atoms with van der Waals surface area (Å²) < 4.78 is 0. The Hall–Kier alpha value is -1.96. The van der Waals surface area contributed by atoms with E-state index in [1.54, 1.807) is 12.3 Å². The van der Waals surface area contributed by atoms with Crippen LogP contribution in [-0.2, 0) is 6.42 Å². The fraction of sp³-hybridized carbons (Fsp3) is 0.368. The quantitative estimate of drug-likeness (QED) is 0.542. The lowest BCUT2D eigenvalue weighted by atomic mass is 10.00. The molecule has 2 aromatic rings. The van der Waals surface area contributed by atoms with Crippen LogP contribution in [0.4, 0.5) is 0 Å². The molecule has 2 rings (SSSR count). The minimum Gasteiger partial charge on any atom is -0.289 e. The van der Waals surface area contributed by atoms with Crippen LogP contribution in [0.2, 0.25) is 0 Å². The van der Waals surface area contributed by atoms with Gasteiger partial charge in [-0.15, -0.1) is 0 Å². The highest BCUT2D eigenvalue weighted by Gasteiger charge is 2.09. The van der Waals surface area contributed by atoms with E-state index in [9.17, 15) is 4.79 Å². The number of hydrogen-bond acceptors (Lipinski definition) is 2. The summed E-state index contributed by atoms with van der Waals surface area (Å²) in [6, 6.07) is 11.6. The first-order valence-electron chi connectivity index (χ1n) is 7.77. The van der Waals surface area contributed by atoms with E-state index in [0.29, 0.717) is 5.56 Å². The van der Waals surface area contributed by atoms with Crippen molar-refractivity contribution in [2.75, 3.05) is 0 Å². The summed E-state index contributed by atoms with van der Waals surface area (Å²) in [5.41, 5.74) is 3.64. The predicted octanol–water partition coefficient (Wildman–Crippen LogP) is 4.74. The van der Waals surface area contributed by atoms with Crippen LogP contribution in [0, 0.1) is 6.92 Å². The van der Waals surface area contributed by atoms with Crippen LogP contribution in [0.25, 0.3) is 0 Å². The molecule has 0 saturated carbocycles. The van der Waals surface area contributed by atoms with Crippen LogP contribution >= 0.6 is 0 Å². The van der Waals surface area contributed by atoms with Gasteiger partial charge in [-0.2, -0.15) is 0 Å². The number of benzene rings is 1. The molecule has 2 nitrogen and oxygen atoms in total. The Kier molecular flexibility index (Phi) is 5.68. The molecule has 110 valence electrons. The summed E-state index contributed by atoms with van der Waals surface area (Å²) in [4.78, 5) is 16.5. The third kappa shape index (κ3) is 4.52. The maximum Gasteiger partial charge on any atom is 0.193 e. The zero-order chi connectivity index (χ0) is 15.1. The van der Waals surface area contributed by atoms with Crippen LogP contribution in [0.1, 0.15) is 59.8 Å². The number of unbranched alkanes of at least 4 members (excludes halogenated alkanes) is 3. The molecule has 1 aromatic carbocycles. The van der Waals surface area contributed by atoms with Gasteiger partial charge in [-0.1, -0.05) is 50.5 Å². The molecule has 0 aliphatic carbocycles. The van der Waals surface area contributed by atoms with Crippen molar-refractivity contribution in [2.24, 2.45) is 0 Å². The van der Waals surface area contributed by atoms with Crippen molar-refractivity contribution in [2.45, 2.75) is 46.0 Å². The Morgan fingerprint density at radius 1 is 1.00 bits per heavy atom. The lowest BCUT2D eigenvalue weighted by Crippen LogP contribution is -2.02. The van der Waals surface area contributed by atoms with E-state index in [1.165, 1.54) is 31.2 Å². The number of carbonyl (C=O) groups excluding carboxylic acids is 1. The summed E-state index contributed by atoms with van der Waals surface area (Å²) in [6.45, 7) is 4.12. The maximum absolute atomic E-state index is 12.4.